The Kier molecular flexibility index (Phi) is 3.50. The number of carbonyl (C=O) groups excluding carboxylic acids is 1. The Bertz CT molecular complexity index is 1110. The number of halogens is 2. The maximum atomic E-state index is 14.6. The number of carbonyl (C=O) groups is 1. The molecule has 1 heterocycles. The van der Waals surface area contributed by atoms with E-state index in [-0.39, 0.29) is 11.6 Å². The number of amides is 1. The minimum absolute atomic E-state index is 0.326. The lowest BCUT2D eigenvalue weighted by Gasteiger charge is -2.08. The number of benzene rings is 3. The molecule has 5 heteroatoms. The van der Waals surface area contributed by atoms with E-state index in [1.54, 1.807) is 41.0 Å². The van der Waals surface area contributed by atoms with Gasteiger partial charge in [0.2, 0.25) is 5.91 Å². The molecule has 4 rings (SSSR count). The van der Waals surface area contributed by atoms with Crippen LogP contribution in [-0.4, -0.2) is 10.5 Å². The molecule has 2 N–H and O–H groups in total. The first-order chi connectivity index (χ1) is 12.1. The molecule has 0 aliphatic rings. The average Bonchev–Trinajstić information content (AvgIpc) is 2.92. The van der Waals surface area contributed by atoms with E-state index >= 15 is 0 Å². The lowest BCUT2D eigenvalue weighted by atomic mass is 10.1. The molecule has 1 aromatic heterocycles. The van der Waals surface area contributed by atoms with E-state index in [4.69, 9.17) is 5.73 Å². The highest BCUT2D eigenvalue weighted by atomic mass is 19.1. The molecule has 0 radical (unpaired) electrons. The lowest BCUT2D eigenvalue weighted by molar-refractivity contribution is 0.100. The molecule has 1 amide bonds. The summed E-state index contributed by atoms with van der Waals surface area (Å²) in [4.78, 5) is 11.8. The van der Waals surface area contributed by atoms with E-state index in [9.17, 15) is 13.6 Å². The Hall–Kier alpha value is -3.21. The van der Waals surface area contributed by atoms with Crippen LogP contribution in [0.5, 0.6) is 0 Å². The maximum absolute atomic E-state index is 14.6. The van der Waals surface area contributed by atoms with Crippen LogP contribution in [0, 0.1) is 11.6 Å². The Balaban J connectivity index is 2.06. The van der Waals surface area contributed by atoms with Gasteiger partial charge in [-0.05, 0) is 35.9 Å². The number of hydrogen-bond acceptors (Lipinski definition) is 1. The Morgan fingerprint density at radius 2 is 1.68 bits per heavy atom. The molecule has 0 unspecified atom stereocenters. The molecule has 0 aliphatic carbocycles. The number of nitrogens with two attached hydrogens (primary N) is 1. The minimum atomic E-state index is -0.560. The highest BCUT2D eigenvalue weighted by Crippen LogP contribution is 2.33. The molecule has 0 aliphatic heterocycles. The molecule has 25 heavy (non-hydrogen) atoms. The molecule has 0 atom stereocenters. The summed E-state index contributed by atoms with van der Waals surface area (Å²) in [6.07, 6.45) is 0. The fraction of sp³-hybridized carbons (Fsp3) is 0.0500. The van der Waals surface area contributed by atoms with Gasteiger partial charge in [-0.15, -0.1) is 0 Å². The summed E-state index contributed by atoms with van der Waals surface area (Å²) in [5.41, 5.74) is 7.79. The van der Waals surface area contributed by atoms with E-state index in [2.05, 4.69) is 0 Å². The minimum Gasteiger partial charge on any atom is -0.366 e. The third kappa shape index (κ3) is 2.45. The standard InChI is InChI=1S/C20H14F2N2O/c21-13-9-7-12(8-10-13)11-24-17-6-2-4-15(20(23)25)18(17)14-3-1-5-16(22)19(14)24/h1-10H,11H2,(H2,23,25). The molecule has 3 nitrogen and oxygen atoms in total. The number of rotatable bonds is 3. The van der Waals surface area contributed by atoms with Crippen molar-refractivity contribution in [1.29, 1.82) is 0 Å². The molecule has 0 fully saturated rings. The first-order valence-corrected chi connectivity index (χ1v) is 7.80. The van der Waals surface area contributed by atoms with Crippen LogP contribution >= 0.6 is 0 Å². The van der Waals surface area contributed by atoms with Crippen LogP contribution in [0.1, 0.15) is 15.9 Å². The van der Waals surface area contributed by atoms with Crippen LogP contribution in [0.4, 0.5) is 8.78 Å². The molecule has 3 aromatic carbocycles. The summed E-state index contributed by atoms with van der Waals surface area (Å²) in [6.45, 7) is 0.351. The largest absolute Gasteiger partial charge is 0.366 e. The lowest BCUT2D eigenvalue weighted by Crippen LogP contribution is -2.11. The van der Waals surface area contributed by atoms with Gasteiger partial charge >= 0.3 is 0 Å². The smallest absolute Gasteiger partial charge is 0.249 e. The number of aromatic nitrogens is 1. The summed E-state index contributed by atoms with van der Waals surface area (Å²) in [6, 6.07) is 16.0. The molecular formula is C20H14F2N2O. The second-order valence-corrected chi connectivity index (χ2v) is 5.91. The van der Waals surface area contributed by atoms with Crippen LogP contribution in [0.2, 0.25) is 0 Å². The summed E-state index contributed by atoms with van der Waals surface area (Å²) in [5, 5.41) is 1.26. The number of hydrogen-bond donors (Lipinski definition) is 1. The van der Waals surface area contributed by atoms with Crippen LogP contribution in [0.15, 0.2) is 60.7 Å². The fourth-order valence-corrected chi connectivity index (χ4v) is 3.30. The summed E-state index contributed by atoms with van der Waals surface area (Å²) in [7, 11) is 0. The van der Waals surface area contributed by atoms with Crippen molar-refractivity contribution in [2.45, 2.75) is 6.54 Å². The van der Waals surface area contributed by atoms with Crippen molar-refractivity contribution in [2.75, 3.05) is 0 Å². The molecule has 0 saturated heterocycles. The quantitative estimate of drug-likeness (QED) is 0.598. The van der Waals surface area contributed by atoms with Gasteiger partial charge in [0.15, 0.2) is 0 Å². The van der Waals surface area contributed by atoms with E-state index < -0.39 is 5.91 Å². The van der Waals surface area contributed by atoms with Gasteiger partial charge < -0.3 is 10.3 Å². The molecule has 0 bridgehead atoms. The Morgan fingerprint density at radius 1 is 0.960 bits per heavy atom. The average molecular weight is 336 g/mol. The maximum Gasteiger partial charge on any atom is 0.249 e. The van der Waals surface area contributed by atoms with Gasteiger partial charge in [0, 0.05) is 22.9 Å². The second-order valence-electron chi connectivity index (χ2n) is 5.91. The monoisotopic (exact) mass is 336 g/mol. The summed E-state index contributed by atoms with van der Waals surface area (Å²) >= 11 is 0. The number of nitrogens with zero attached hydrogens (tertiary/aromatic N) is 1. The van der Waals surface area contributed by atoms with E-state index in [1.165, 1.54) is 18.2 Å². The van der Waals surface area contributed by atoms with Crippen LogP contribution in [0.25, 0.3) is 21.8 Å². The van der Waals surface area contributed by atoms with Crippen molar-refractivity contribution in [3.8, 4) is 0 Å². The topological polar surface area (TPSA) is 48.0 Å². The summed E-state index contributed by atoms with van der Waals surface area (Å²) < 4.78 is 29.5. The van der Waals surface area contributed by atoms with Gasteiger partial charge in [0.05, 0.1) is 11.0 Å². The third-order valence-corrected chi connectivity index (χ3v) is 4.38. The first kappa shape index (κ1) is 15.3. The first-order valence-electron chi connectivity index (χ1n) is 7.80. The van der Waals surface area contributed by atoms with Crippen molar-refractivity contribution < 1.29 is 13.6 Å². The molecular weight excluding hydrogens is 322 g/mol. The Labute approximate surface area is 142 Å². The number of primary amides is 1. The predicted octanol–water partition coefficient (Wildman–Crippen LogP) is 4.22. The zero-order chi connectivity index (χ0) is 17.6. The zero-order valence-electron chi connectivity index (χ0n) is 13.2. The molecule has 124 valence electrons. The predicted molar refractivity (Wildman–Crippen MR) is 93.4 cm³/mol. The zero-order valence-corrected chi connectivity index (χ0v) is 13.2. The van der Waals surface area contributed by atoms with Gasteiger partial charge in [-0.2, -0.15) is 0 Å². The van der Waals surface area contributed by atoms with Crippen molar-refractivity contribution >= 4 is 27.7 Å². The third-order valence-electron chi connectivity index (χ3n) is 4.38. The highest BCUT2D eigenvalue weighted by Gasteiger charge is 2.18. The van der Waals surface area contributed by atoms with E-state index in [0.717, 1.165) is 5.56 Å². The normalized spacial score (nSPS) is 11.3. The van der Waals surface area contributed by atoms with Gasteiger partial charge in [-0.3, -0.25) is 4.79 Å². The van der Waals surface area contributed by atoms with Crippen LogP contribution < -0.4 is 5.73 Å². The SMILES string of the molecule is NC(=O)c1cccc2c1c1cccc(F)c1n2Cc1ccc(F)cc1. The van der Waals surface area contributed by atoms with Crippen LogP contribution in [0.3, 0.4) is 0 Å². The van der Waals surface area contributed by atoms with Gasteiger partial charge in [0.25, 0.3) is 0 Å². The highest BCUT2D eigenvalue weighted by molar-refractivity contribution is 6.17. The summed E-state index contributed by atoms with van der Waals surface area (Å²) in [5.74, 6) is -1.27. The van der Waals surface area contributed by atoms with E-state index in [0.29, 0.717) is 33.9 Å². The second kappa shape index (κ2) is 5.70. The van der Waals surface area contributed by atoms with Crippen molar-refractivity contribution in [3.05, 3.63) is 83.4 Å². The van der Waals surface area contributed by atoms with Crippen molar-refractivity contribution in [1.82, 2.24) is 4.57 Å². The van der Waals surface area contributed by atoms with E-state index in [1.807, 2.05) is 6.07 Å². The number of para-hydroxylation sites is 1. The van der Waals surface area contributed by atoms with Crippen molar-refractivity contribution in [3.63, 3.8) is 0 Å². The van der Waals surface area contributed by atoms with Gasteiger partial charge in [-0.25, -0.2) is 8.78 Å². The van der Waals surface area contributed by atoms with Gasteiger partial charge in [0.1, 0.15) is 11.6 Å². The fourth-order valence-electron chi connectivity index (χ4n) is 3.30. The Morgan fingerprint density at radius 3 is 2.40 bits per heavy atom. The van der Waals surface area contributed by atoms with Crippen molar-refractivity contribution in [2.24, 2.45) is 5.73 Å². The molecule has 0 spiro atoms. The van der Waals surface area contributed by atoms with Gasteiger partial charge in [-0.1, -0.05) is 30.3 Å². The molecule has 4 aromatic rings. The number of fused-ring (bicyclic) bond motifs is 3. The van der Waals surface area contributed by atoms with Crippen LogP contribution in [-0.2, 0) is 6.54 Å². The molecule has 0 saturated carbocycles.